The molecule has 0 radical (unpaired) electrons. The molecule has 0 aliphatic heterocycles. The lowest BCUT2D eigenvalue weighted by Crippen LogP contribution is -2.12. The van der Waals surface area contributed by atoms with Crippen LogP contribution in [-0.4, -0.2) is 17.0 Å². The summed E-state index contributed by atoms with van der Waals surface area (Å²) >= 11 is 18.2. The van der Waals surface area contributed by atoms with Gasteiger partial charge in [-0.25, -0.2) is 0 Å². The zero-order valence-electron chi connectivity index (χ0n) is 14.6. The largest absolute Gasteiger partial charge is 0.321 e. The number of nitrogens with zero attached hydrogens (tertiary/aromatic N) is 2. The van der Waals surface area contributed by atoms with Crippen LogP contribution in [-0.2, 0) is 0 Å². The second kappa shape index (κ2) is 9.05. The summed E-state index contributed by atoms with van der Waals surface area (Å²) in [5.74, 6) is -0.365. The maximum atomic E-state index is 12.4. The number of carbonyl (C=O) groups is 1. The lowest BCUT2D eigenvalue weighted by atomic mass is 10.2. The minimum absolute atomic E-state index is 0.0149. The maximum Gasteiger partial charge on any atom is 0.269 e. The Labute approximate surface area is 180 Å². The zero-order valence-corrected chi connectivity index (χ0v) is 16.9. The molecule has 146 valence electrons. The first kappa shape index (κ1) is 20.8. The highest BCUT2D eigenvalue weighted by molar-refractivity contribution is 6.38. The van der Waals surface area contributed by atoms with Gasteiger partial charge in [0.1, 0.15) is 0 Å². The molecular weight excluding hydrogens is 437 g/mol. The van der Waals surface area contributed by atoms with Crippen LogP contribution in [0.1, 0.15) is 15.9 Å². The molecule has 3 aromatic rings. The molecule has 3 rings (SSSR count). The smallest absolute Gasteiger partial charge is 0.269 e. The maximum absolute atomic E-state index is 12.4. The van der Waals surface area contributed by atoms with Crippen molar-refractivity contribution in [2.24, 2.45) is 4.99 Å². The molecule has 1 amide bonds. The summed E-state index contributed by atoms with van der Waals surface area (Å²) in [5, 5.41) is 14.5. The van der Waals surface area contributed by atoms with Crippen LogP contribution in [0.4, 0.5) is 17.1 Å². The van der Waals surface area contributed by atoms with Gasteiger partial charge in [0.2, 0.25) is 0 Å². The Morgan fingerprint density at radius 1 is 0.966 bits per heavy atom. The summed E-state index contributed by atoms with van der Waals surface area (Å²) in [6, 6.07) is 15.3. The molecule has 0 unspecified atom stereocenters. The van der Waals surface area contributed by atoms with E-state index >= 15 is 0 Å². The van der Waals surface area contributed by atoms with Gasteiger partial charge in [-0.2, -0.15) is 0 Å². The Hall–Kier alpha value is -2.93. The first-order chi connectivity index (χ1) is 13.8. The number of anilines is 1. The summed E-state index contributed by atoms with van der Waals surface area (Å²) in [7, 11) is 0. The average molecular weight is 449 g/mol. The number of benzene rings is 3. The van der Waals surface area contributed by atoms with Gasteiger partial charge in [-0.3, -0.25) is 19.9 Å². The molecule has 0 spiro atoms. The fourth-order valence-electron chi connectivity index (χ4n) is 2.35. The van der Waals surface area contributed by atoms with E-state index in [1.807, 2.05) is 0 Å². The number of nitrogens with one attached hydrogen (secondary N) is 1. The highest BCUT2D eigenvalue weighted by atomic mass is 35.5. The Morgan fingerprint density at radius 2 is 1.62 bits per heavy atom. The third kappa shape index (κ3) is 5.32. The van der Waals surface area contributed by atoms with E-state index in [0.29, 0.717) is 27.5 Å². The van der Waals surface area contributed by atoms with E-state index < -0.39 is 4.92 Å². The van der Waals surface area contributed by atoms with Crippen LogP contribution >= 0.6 is 34.8 Å². The molecule has 1 N–H and O–H groups in total. The highest BCUT2D eigenvalue weighted by Crippen LogP contribution is 2.34. The van der Waals surface area contributed by atoms with Crippen molar-refractivity contribution < 1.29 is 9.72 Å². The quantitative estimate of drug-likeness (QED) is 0.272. The number of hydrogen-bond donors (Lipinski definition) is 1. The van der Waals surface area contributed by atoms with Crippen LogP contribution in [0.5, 0.6) is 0 Å². The molecule has 0 saturated heterocycles. The minimum Gasteiger partial charge on any atom is -0.321 e. The van der Waals surface area contributed by atoms with E-state index in [1.165, 1.54) is 24.4 Å². The summed E-state index contributed by atoms with van der Waals surface area (Å²) in [6.45, 7) is 0. The van der Waals surface area contributed by atoms with E-state index in [2.05, 4.69) is 10.3 Å². The molecule has 0 heterocycles. The normalized spacial score (nSPS) is 10.9. The SMILES string of the molecule is O=C(Nc1cc(N=Cc2ccc([N+](=O)[O-])cc2)c(Cl)cc1Cl)c1ccc(Cl)cc1. The Kier molecular flexibility index (Phi) is 6.49. The lowest BCUT2D eigenvalue weighted by molar-refractivity contribution is -0.384. The number of hydrogen-bond acceptors (Lipinski definition) is 4. The van der Waals surface area contributed by atoms with E-state index in [-0.39, 0.29) is 21.6 Å². The molecular formula is C20H12Cl3N3O3. The molecule has 0 aromatic heterocycles. The molecule has 6 nitrogen and oxygen atoms in total. The first-order valence-corrected chi connectivity index (χ1v) is 9.31. The summed E-state index contributed by atoms with van der Waals surface area (Å²) in [5.41, 5.74) is 1.76. The number of non-ortho nitro benzene ring substituents is 1. The Balaban J connectivity index is 1.82. The number of rotatable bonds is 5. The van der Waals surface area contributed by atoms with Crippen LogP contribution in [0.3, 0.4) is 0 Å². The van der Waals surface area contributed by atoms with Crippen LogP contribution in [0.25, 0.3) is 0 Å². The van der Waals surface area contributed by atoms with E-state index in [0.717, 1.165) is 0 Å². The molecule has 0 aliphatic rings. The molecule has 0 aliphatic carbocycles. The van der Waals surface area contributed by atoms with Crippen molar-refractivity contribution in [3.05, 3.63) is 97.0 Å². The van der Waals surface area contributed by atoms with Gasteiger partial charge < -0.3 is 5.32 Å². The molecule has 0 atom stereocenters. The predicted octanol–water partition coefficient (Wildman–Crippen LogP) is 6.56. The van der Waals surface area contributed by atoms with Crippen LogP contribution < -0.4 is 5.32 Å². The second-order valence-corrected chi connectivity index (χ2v) is 7.10. The molecule has 3 aromatic carbocycles. The van der Waals surface area contributed by atoms with Crippen molar-refractivity contribution in [1.29, 1.82) is 0 Å². The van der Waals surface area contributed by atoms with Crippen molar-refractivity contribution >= 4 is 64.0 Å². The first-order valence-electron chi connectivity index (χ1n) is 8.18. The van der Waals surface area contributed by atoms with Crippen LogP contribution in [0.2, 0.25) is 15.1 Å². The lowest BCUT2D eigenvalue weighted by Gasteiger charge is -2.09. The second-order valence-electron chi connectivity index (χ2n) is 5.85. The highest BCUT2D eigenvalue weighted by Gasteiger charge is 2.12. The minimum atomic E-state index is -0.480. The fraction of sp³-hybridized carbons (Fsp3) is 0. The van der Waals surface area contributed by atoms with Gasteiger partial charge in [0.25, 0.3) is 11.6 Å². The summed E-state index contributed by atoms with van der Waals surface area (Å²) < 4.78 is 0. The third-order valence-corrected chi connectivity index (χ3v) is 4.72. The van der Waals surface area contributed by atoms with Crippen LogP contribution in [0.15, 0.2) is 65.7 Å². The van der Waals surface area contributed by atoms with Gasteiger partial charge in [-0.05, 0) is 54.1 Å². The number of halogens is 3. The van der Waals surface area contributed by atoms with Gasteiger partial charge in [-0.1, -0.05) is 34.8 Å². The van der Waals surface area contributed by atoms with Crippen molar-refractivity contribution in [1.82, 2.24) is 0 Å². The number of aliphatic imine (C=N–C) groups is 1. The van der Waals surface area contributed by atoms with E-state index in [4.69, 9.17) is 34.8 Å². The van der Waals surface area contributed by atoms with Gasteiger partial charge >= 0.3 is 0 Å². The fourth-order valence-corrected chi connectivity index (χ4v) is 2.96. The van der Waals surface area contributed by atoms with Crippen molar-refractivity contribution in [3.63, 3.8) is 0 Å². The van der Waals surface area contributed by atoms with Crippen molar-refractivity contribution in [2.75, 3.05) is 5.32 Å². The molecule has 29 heavy (non-hydrogen) atoms. The Morgan fingerprint density at radius 3 is 2.24 bits per heavy atom. The number of nitro groups is 1. The van der Waals surface area contributed by atoms with Gasteiger partial charge in [0.05, 0.1) is 26.3 Å². The summed E-state index contributed by atoms with van der Waals surface area (Å²) in [6.07, 6.45) is 1.50. The Bertz CT molecular complexity index is 1100. The number of carbonyl (C=O) groups excluding carboxylic acids is 1. The van der Waals surface area contributed by atoms with Gasteiger partial charge in [-0.15, -0.1) is 0 Å². The molecule has 0 saturated carbocycles. The third-order valence-electron chi connectivity index (χ3n) is 3.85. The van der Waals surface area contributed by atoms with Gasteiger partial charge in [0.15, 0.2) is 0 Å². The van der Waals surface area contributed by atoms with Gasteiger partial charge in [0, 0.05) is 28.9 Å². The topological polar surface area (TPSA) is 84.6 Å². The molecule has 9 heteroatoms. The summed E-state index contributed by atoms with van der Waals surface area (Å²) in [4.78, 5) is 26.9. The monoisotopic (exact) mass is 447 g/mol. The van der Waals surface area contributed by atoms with E-state index in [1.54, 1.807) is 42.5 Å². The van der Waals surface area contributed by atoms with Crippen molar-refractivity contribution in [2.45, 2.75) is 0 Å². The molecule has 0 fully saturated rings. The zero-order chi connectivity index (χ0) is 21.0. The van der Waals surface area contributed by atoms with E-state index in [9.17, 15) is 14.9 Å². The average Bonchev–Trinajstić information content (AvgIpc) is 2.70. The number of amides is 1. The van der Waals surface area contributed by atoms with Crippen molar-refractivity contribution in [3.8, 4) is 0 Å². The predicted molar refractivity (Wildman–Crippen MR) is 116 cm³/mol. The standard InChI is InChI=1S/C20H12Cl3N3O3/c21-14-5-3-13(4-6-14)20(27)25-19-10-18(16(22)9-17(19)23)24-11-12-1-7-15(8-2-12)26(28)29/h1-11H,(H,25,27). The molecule has 0 bridgehead atoms. The number of nitro benzene ring substituents is 1. The van der Waals surface area contributed by atoms with Crippen LogP contribution in [0, 0.1) is 10.1 Å².